The second-order valence-electron chi connectivity index (χ2n) is 6.05. The first-order valence-electron chi connectivity index (χ1n) is 7.85. The van der Waals surface area contributed by atoms with Gasteiger partial charge in [0, 0.05) is 11.7 Å². The van der Waals surface area contributed by atoms with Crippen LogP contribution >= 0.6 is 12.4 Å². The maximum absolute atomic E-state index is 12.2. The van der Waals surface area contributed by atoms with E-state index in [1.54, 1.807) is 0 Å². The standard InChI is InChI=1S/C17H27N3O.ClH/c1-13-6-4-8-16(14(13)2)19-17(21)12-20(3)15-7-5-10-18-11-9-15;/h4,6,8,15,18H,5,7,9-12H2,1-3H3,(H,19,21);1H. The summed E-state index contributed by atoms with van der Waals surface area (Å²) in [6.45, 7) is 6.71. The number of carbonyl (C=O) groups excluding carboxylic acids is 1. The third kappa shape index (κ3) is 5.27. The topological polar surface area (TPSA) is 44.4 Å². The minimum atomic E-state index is 0. The van der Waals surface area contributed by atoms with E-state index in [-0.39, 0.29) is 18.3 Å². The average molecular weight is 326 g/mol. The third-order valence-corrected chi connectivity index (χ3v) is 4.44. The number of hydrogen-bond acceptors (Lipinski definition) is 3. The molecule has 1 amide bonds. The van der Waals surface area contributed by atoms with Crippen molar-refractivity contribution in [3.8, 4) is 0 Å². The van der Waals surface area contributed by atoms with Crippen molar-refractivity contribution in [2.45, 2.75) is 39.2 Å². The number of nitrogens with one attached hydrogen (secondary N) is 2. The summed E-state index contributed by atoms with van der Waals surface area (Å²) in [5.74, 6) is 0.0726. The monoisotopic (exact) mass is 325 g/mol. The van der Waals surface area contributed by atoms with Crippen molar-refractivity contribution in [2.24, 2.45) is 0 Å². The van der Waals surface area contributed by atoms with Gasteiger partial charge in [-0.05, 0) is 70.4 Å². The van der Waals surface area contributed by atoms with Crippen LogP contribution in [0.3, 0.4) is 0 Å². The van der Waals surface area contributed by atoms with Gasteiger partial charge in [0.15, 0.2) is 0 Å². The number of halogens is 1. The van der Waals surface area contributed by atoms with Crippen molar-refractivity contribution in [1.29, 1.82) is 0 Å². The lowest BCUT2D eigenvalue weighted by Gasteiger charge is -2.26. The summed E-state index contributed by atoms with van der Waals surface area (Å²) in [5, 5.41) is 6.45. The Balaban J connectivity index is 0.00000242. The largest absolute Gasteiger partial charge is 0.325 e. The van der Waals surface area contributed by atoms with E-state index in [0.29, 0.717) is 12.6 Å². The molecule has 0 bridgehead atoms. The highest BCUT2D eigenvalue weighted by Crippen LogP contribution is 2.18. The first-order chi connectivity index (χ1) is 10.1. The van der Waals surface area contributed by atoms with Crippen LogP contribution in [0, 0.1) is 13.8 Å². The second kappa shape index (κ2) is 9.13. The van der Waals surface area contributed by atoms with Gasteiger partial charge in [-0.25, -0.2) is 0 Å². The van der Waals surface area contributed by atoms with E-state index in [0.717, 1.165) is 30.8 Å². The van der Waals surface area contributed by atoms with Gasteiger partial charge in [-0.15, -0.1) is 12.4 Å². The molecule has 1 aliphatic rings. The molecule has 1 unspecified atom stereocenters. The maximum Gasteiger partial charge on any atom is 0.238 e. The Morgan fingerprint density at radius 1 is 1.32 bits per heavy atom. The van der Waals surface area contributed by atoms with Crippen molar-refractivity contribution in [3.05, 3.63) is 29.3 Å². The Hall–Kier alpha value is -1.10. The number of amides is 1. The highest BCUT2D eigenvalue weighted by atomic mass is 35.5. The van der Waals surface area contributed by atoms with Gasteiger partial charge >= 0.3 is 0 Å². The number of hydrogen-bond donors (Lipinski definition) is 2. The van der Waals surface area contributed by atoms with Crippen LogP contribution in [-0.4, -0.2) is 43.5 Å². The Morgan fingerprint density at radius 2 is 2.09 bits per heavy atom. The number of nitrogens with zero attached hydrogens (tertiary/aromatic N) is 1. The van der Waals surface area contributed by atoms with Crippen LogP contribution in [0.15, 0.2) is 18.2 Å². The zero-order valence-corrected chi connectivity index (χ0v) is 14.6. The summed E-state index contributed by atoms with van der Waals surface area (Å²) in [7, 11) is 2.05. The smallest absolute Gasteiger partial charge is 0.238 e. The number of likely N-dealkylation sites (N-methyl/N-ethyl adjacent to an activating group) is 1. The molecule has 0 saturated carbocycles. The molecule has 0 aromatic heterocycles. The van der Waals surface area contributed by atoms with Crippen molar-refractivity contribution in [2.75, 3.05) is 32.0 Å². The molecule has 1 saturated heterocycles. The number of anilines is 1. The normalized spacial score (nSPS) is 18.5. The summed E-state index contributed by atoms with van der Waals surface area (Å²) >= 11 is 0. The van der Waals surface area contributed by atoms with Gasteiger partial charge in [0.25, 0.3) is 0 Å². The van der Waals surface area contributed by atoms with Crippen LogP contribution in [-0.2, 0) is 4.79 Å². The summed E-state index contributed by atoms with van der Waals surface area (Å²) in [6.07, 6.45) is 3.47. The number of rotatable bonds is 4. The van der Waals surface area contributed by atoms with E-state index in [4.69, 9.17) is 0 Å². The summed E-state index contributed by atoms with van der Waals surface area (Å²) in [6, 6.07) is 6.52. The van der Waals surface area contributed by atoms with Crippen LogP contribution in [0.2, 0.25) is 0 Å². The van der Waals surface area contributed by atoms with E-state index in [1.807, 2.05) is 19.1 Å². The first-order valence-corrected chi connectivity index (χ1v) is 7.85. The van der Waals surface area contributed by atoms with Gasteiger partial charge < -0.3 is 10.6 Å². The number of carbonyl (C=O) groups is 1. The molecule has 0 aliphatic carbocycles. The fraction of sp³-hybridized carbons (Fsp3) is 0.588. The minimum absolute atomic E-state index is 0. The molecular formula is C17H28ClN3O. The number of benzene rings is 1. The number of aryl methyl sites for hydroxylation is 1. The van der Waals surface area contributed by atoms with Gasteiger partial charge in [-0.2, -0.15) is 0 Å². The fourth-order valence-electron chi connectivity index (χ4n) is 2.87. The fourth-order valence-corrected chi connectivity index (χ4v) is 2.87. The lowest BCUT2D eigenvalue weighted by atomic mass is 10.1. The molecule has 2 rings (SSSR count). The second-order valence-corrected chi connectivity index (χ2v) is 6.05. The molecule has 22 heavy (non-hydrogen) atoms. The first kappa shape index (κ1) is 18.9. The van der Waals surface area contributed by atoms with E-state index in [2.05, 4.69) is 35.6 Å². The van der Waals surface area contributed by atoms with E-state index in [9.17, 15) is 4.79 Å². The van der Waals surface area contributed by atoms with Crippen molar-refractivity contribution in [3.63, 3.8) is 0 Å². The predicted molar refractivity (Wildman–Crippen MR) is 94.9 cm³/mol. The lowest BCUT2D eigenvalue weighted by molar-refractivity contribution is -0.117. The van der Waals surface area contributed by atoms with Crippen molar-refractivity contribution >= 4 is 24.0 Å². The summed E-state index contributed by atoms with van der Waals surface area (Å²) in [4.78, 5) is 14.4. The molecule has 4 nitrogen and oxygen atoms in total. The van der Waals surface area contributed by atoms with Gasteiger partial charge in [-0.3, -0.25) is 9.69 Å². The zero-order chi connectivity index (χ0) is 15.2. The molecule has 0 radical (unpaired) electrons. The van der Waals surface area contributed by atoms with Crippen LogP contribution in [0.4, 0.5) is 5.69 Å². The molecule has 124 valence electrons. The summed E-state index contributed by atoms with van der Waals surface area (Å²) < 4.78 is 0. The Morgan fingerprint density at radius 3 is 2.86 bits per heavy atom. The predicted octanol–water partition coefficient (Wildman–Crippen LogP) is 2.74. The minimum Gasteiger partial charge on any atom is -0.325 e. The quantitative estimate of drug-likeness (QED) is 0.894. The Kier molecular flexibility index (Phi) is 7.87. The van der Waals surface area contributed by atoms with E-state index >= 15 is 0 Å². The maximum atomic E-state index is 12.2. The molecule has 1 aliphatic heterocycles. The molecule has 5 heteroatoms. The van der Waals surface area contributed by atoms with Gasteiger partial charge in [-0.1, -0.05) is 12.1 Å². The molecule has 1 aromatic rings. The van der Waals surface area contributed by atoms with Crippen LogP contribution in [0.1, 0.15) is 30.4 Å². The molecule has 1 fully saturated rings. The lowest BCUT2D eigenvalue weighted by Crippen LogP contribution is -2.38. The van der Waals surface area contributed by atoms with Crippen molar-refractivity contribution in [1.82, 2.24) is 10.2 Å². The summed E-state index contributed by atoms with van der Waals surface area (Å²) in [5.41, 5.74) is 3.28. The van der Waals surface area contributed by atoms with Crippen molar-refractivity contribution < 1.29 is 4.79 Å². The third-order valence-electron chi connectivity index (χ3n) is 4.44. The Labute approximate surface area is 140 Å². The zero-order valence-electron chi connectivity index (χ0n) is 13.8. The average Bonchev–Trinajstić information content (AvgIpc) is 2.73. The van der Waals surface area contributed by atoms with Crippen LogP contribution < -0.4 is 10.6 Å². The van der Waals surface area contributed by atoms with Gasteiger partial charge in [0.05, 0.1) is 6.54 Å². The van der Waals surface area contributed by atoms with Crippen LogP contribution in [0.25, 0.3) is 0 Å². The molecule has 1 aromatic carbocycles. The highest BCUT2D eigenvalue weighted by molar-refractivity contribution is 5.93. The molecule has 1 atom stereocenters. The molecule has 2 N–H and O–H groups in total. The van der Waals surface area contributed by atoms with E-state index < -0.39 is 0 Å². The Bertz CT molecular complexity index is 485. The SMILES string of the molecule is Cc1cccc(NC(=O)CN(C)C2CCCNCC2)c1C.Cl. The molecule has 0 spiro atoms. The van der Waals surface area contributed by atoms with Gasteiger partial charge in [0.1, 0.15) is 0 Å². The molecule has 1 heterocycles. The molecular weight excluding hydrogens is 298 g/mol. The van der Waals surface area contributed by atoms with Gasteiger partial charge in [0.2, 0.25) is 5.91 Å². The highest BCUT2D eigenvalue weighted by Gasteiger charge is 2.19. The van der Waals surface area contributed by atoms with E-state index in [1.165, 1.54) is 18.4 Å². The van der Waals surface area contributed by atoms with Crippen LogP contribution in [0.5, 0.6) is 0 Å².